The Morgan fingerprint density at radius 3 is 2.74 bits per heavy atom. The Balaban J connectivity index is 1.59. The van der Waals surface area contributed by atoms with E-state index < -0.39 is 6.02 Å². The van der Waals surface area contributed by atoms with Crippen molar-refractivity contribution >= 4 is 33.9 Å². The molecule has 2 aromatic carbocycles. The molecule has 2 aliphatic rings. The van der Waals surface area contributed by atoms with E-state index in [4.69, 9.17) is 11.6 Å². The summed E-state index contributed by atoms with van der Waals surface area (Å²) in [5.74, 6) is 0. The first kappa shape index (κ1) is 22.0. The van der Waals surface area contributed by atoms with Crippen LogP contribution in [0.3, 0.4) is 0 Å². The SMILES string of the molecule is [2H][C@](Nc1cc(Cl)c2ncc(C#N)c(NCC(C)(C)C)c2c1)(C1=CN(C2CC2)NN1)c1ccccc1. The van der Waals surface area contributed by atoms with E-state index in [2.05, 4.69) is 53.4 Å². The zero-order valence-corrected chi connectivity index (χ0v) is 20.9. The number of nitrogens with one attached hydrogen (secondary N) is 4. The van der Waals surface area contributed by atoms with Crippen molar-refractivity contribution < 1.29 is 1.37 Å². The molecule has 0 spiro atoms. The molecule has 3 aromatic rings. The van der Waals surface area contributed by atoms with Crippen LogP contribution in [0.4, 0.5) is 11.4 Å². The van der Waals surface area contributed by atoms with Crippen LogP contribution in [0.15, 0.2) is 60.6 Å². The molecule has 5 rings (SSSR count). The van der Waals surface area contributed by atoms with Gasteiger partial charge in [0, 0.05) is 36.1 Å². The van der Waals surface area contributed by atoms with Gasteiger partial charge in [0.1, 0.15) is 6.07 Å². The molecule has 1 saturated carbocycles. The van der Waals surface area contributed by atoms with Crippen molar-refractivity contribution in [3.05, 3.63) is 76.7 Å². The normalized spacial score (nSPS) is 17.7. The monoisotopic (exact) mass is 488 g/mol. The van der Waals surface area contributed by atoms with Crippen LogP contribution in [-0.2, 0) is 0 Å². The molecule has 0 radical (unpaired) electrons. The second-order valence-corrected chi connectivity index (χ2v) is 10.6. The number of rotatable bonds is 7. The number of nitriles is 1. The molecule has 1 aromatic heterocycles. The molecule has 35 heavy (non-hydrogen) atoms. The fourth-order valence-corrected chi connectivity index (χ4v) is 4.28. The average molecular weight is 489 g/mol. The summed E-state index contributed by atoms with van der Waals surface area (Å²) >= 11 is 6.70. The van der Waals surface area contributed by atoms with Crippen LogP contribution in [-0.4, -0.2) is 22.6 Å². The van der Waals surface area contributed by atoms with Crippen molar-refractivity contribution in [2.24, 2.45) is 5.41 Å². The molecule has 1 aliphatic carbocycles. The van der Waals surface area contributed by atoms with Gasteiger partial charge in [0.2, 0.25) is 0 Å². The number of aromatic nitrogens is 1. The zero-order valence-electron chi connectivity index (χ0n) is 21.1. The third-order valence-corrected chi connectivity index (χ3v) is 6.26. The first-order valence-electron chi connectivity index (χ1n) is 12.3. The molecule has 180 valence electrons. The highest BCUT2D eigenvalue weighted by atomic mass is 35.5. The average Bonchev–Trinajstić information content (AvgIpc) is 3.58. The Morgan fingerprint density at radius 2 is 2.06 bits per heavy atom. The molecule has 0 saturated heterocycles. The van der Waals surface area contributed by atoms with E-state index in [0.717, 1.165) is 23.8 Å². The summed E-state index contributed by atoms with van der Waals surface area (Å²) in [6, 6.07) is 14.7. The van der Waals surface area contributed by atoms with Crippen LogP contribution in [0.5, 0.6) is 0 Å². The van der Waals surface area contributed by atoms with E-state index in [1.807, 2.05) is 47.6 Å². The van der Waals surface area contributed by atoms with E-state index in [1.54, 1.807) is 12.3 Å². The van der Waals surface area contributed by atoms with Gasteiger partial charge in [-0.05, 0) is 36.0 Å². The Bertz CT molecular complexity index is 1360. The lowest BCUT2D eigenvalue weighted by atomic mass is 9.96. The van der Waals surface area contributed by atoms with Crippen molar-refractivity contribution in [3.8, 4) is 6.07 Å². The predicted octanol–water partition coefficient (Wildman–Crippen LogP) is 5.70. The van der Waals surface area contributed by atoms with E-state index >= 15 is 0 Å². The Morgan fingerprint density at radius 1 is 1.29 bits per heavy atom. The van der Waals surface area contributed by atoms with E-state index in [0.29, 0.717) is 45.8 Å². The molecule has 0 bridgehead atoms. The van der Waals surface area contributed by atoms with Gasteiger partial charge in [0.15, 0.2) is 0 Å². The van der Waals surface area contributed by atoms with Crippen LogP contribution < -0.4 is 21.6 Å². The number of fused-ring (bicyclic) bond motifs is 1. The predicted molar refractivity (Wildman–Crippen MR) is 141 cm³/mol. The number of halogens is 1. The van der Waals surface area contributed by atoms with Crippen LogP contribution in [0.1, 0.15) is 52.1 Å². The molecule has 2 heterocycles. The maximum Gasteiger partial charge on any atom is 0.103 e. The van der Waals surface area contributed by atoms with E-state index in [9.17, 15) is 6.63 Å². The first-order chi connectivity index (χ1) is 17.2. The van der Waals surface area contributed by atoms with Gasteiger partial charge in [0.25, 0.3) is 0 Å². The standard InChI is InChI=1S/C27H30ClN7/c1-27(2,3)16-31-24-18(13-29)14-30-26-21(24)11-19(12-22(26)28)32-25(17-7-5-4-6-8-17)23-15-35(34-33-23)20-9-10-20/h4-8,11-12,14-15,20,25,32-34H,9-10,16H2,1-3H3,(H,30,31)/t25-/m1/s1/i25D. The van der Waals surface area contributed by atoms with Gasteiger partial charge in [-0.25, -0.2) is 0 Å². The van der Waals surface area contributed by atoms with Gasteiger partial charge >= 0.3 is 0 Å². The highest BCUT2D eigenvalue weighted by molar-refractivity contribution is 6.35. The zero-order chi connectivity index (χ0) is 25.5. The second-order valence-electron chi connectivity index (χ2n) is 10.2. The number of hydrogen-bond donors (Lipinski definition) is 4. The quantitative estimate of drug-likeness (QED) is 0.339. The number of anilines is 2. The molecule has 7 nitrogen and oxygen atoms in total. The third-order valence-electron chi connectivity index (χ3n) is 5.97. The number of hydrogen-bond acceptors (Lipinski definition) is 7. The van der Waals surface area contributed by atoms with Crippen molar-refractivity contribution in [1.82, 2.24) is 21.0 Å². The molecular weight excluding hydrogens is 458 g/mol. The Hall–Kier alpha value is -3.47. The van der Waals surface area contributed by atoms with Gasteiger partial charge < -0.3 is 16.1 Å². The third kappa shape index (κ3) is 5.14. The number of pyridine rings is 1. The number of benzene rings is 2. The smallest absolute Gasteiger partial charge is 0.103 e. The molecule has 8 heteroatoms. The summed E-state index contributed by atoms with van der Waals surface area (Å²) in [4.78, 5) is 4.46. The van der Waals surface area contributed by atoms with Crippen LogP contribution in [0, 0.1) is 16.7 Å². The van der Waals surface area contributed by atoms with Crippen molar-refractivity contribution in [2.75, 3.05) is 17.2 Å². The van der Waals surface area contributed by atoms with Gasteiger partial charge in [-0.15, -0.1) is 5.53 Å². The summed E-state index contributed by atoms with van der Waals surface area (Å²) in [5, 5.41) is 19.8. The maximum absolute atomic E-state index is 9.76. The summed E-state index contributed by atoms with van der Waals surface area (Å²) < 4.78 is 9.59. The highest BCUT2D eigenvalue weighted by Crippen LogP contribution is 2.37. The minimum absolute atomic E-state index is 0.00661. The summed E-state index contributed by atoms with van der Waals surface area (Å²) in [6.45, 7) is 7.06. The molecule has 1 atom stereocenters. The van der Waals surface area contributed by atoms with Gasteiger partial charge in [-0.1, -0.05) is 62.7 Å². The molecular formula is C27H30ClN7. The van der Waals surface area contributed by atoms with Gasteiger partial charge in [-0.3, -0.25) is 9.99 Å². The fraction of sp³-hybridized carbons (Fsp3) is 0.333. The van der Waals surface area contributed by atoms with Crippen molar-refractivity contribution in [1.29, 1.82) is 5.26 Å². The lowest BCUT2D eigenvalue weighted by Gasteiger charge is -2.23. The van der Waals surface area contributed by atoms with E-state index in [1.165, 1.54) is 0 Å². The van der Waals surface area contributed by atoms with Gasteiger partial charge in [-0.2, -0.15) is 5.26 Å². The van der Waals surface area contributed by atoms with Crippen LogP contribution >= 0.6 is 11.6 Å². The molecule has 4 N–H and O–H groups in total. The lowest BCUT2D eigenvalue weighted by molar-refractivity contribution is 0.260. The highest BCUT2D eigenvalue weighted by Gasteiger charge is 2.32. The molecule has 0 unspecified atom stereocenters. The summed E-state index contributed by atoms with van der Waals surface area (Å²) in [5.41, 5.74) is 10.2. The second kappa shape index (κ2) is 9.29. The van der Waals surface area contributed by atoms with E-state index in [-0.39, 0.29) is 5.41 Å². The maximum atomic E-state index is 9.76. The Kier molecular flexibility index (Phi) is 5.85. The number of hydrazine groups is 2. The minimum Gasteiger partial charge on any atom is -0.383 e. The topological polar surface area (TPSA) is 88.0 Å². The first-order valence-corrected chi connectivity index (χ1v) is 12.2. The largest absolute Gasteiger partial charge is 0.383 e. The lowest BCUT2D eigenvalue weighted by Crippen LogP contribution is -2.38. The molecule has 1 aliphatic heterocycles. The molecule has 0 amide bonds. The van der Waals surface area contributed by atoms with Gasteiger partial charge in [0.05, 0.1) is 34.9 Å². The Labute approximate surface area is 212 Å². The summed E-state index contributed by atoms with van der Waals surface area (Å²) in [7, 11) is 0. The van der Waals surface area contributed by atoms with Crippen molar-refractivity contribution in [2.45, 2.75) is 45.7 Å². The van der Waals surface area contributed by atoms with Crippen LogP contribution in [0.25, 0.3) is 10.9 Å². The minimum atomic E-state index is -1.33. The van der Waals surface area contributed by atoms with Crippen LogP contribution in [0.2, 0.25) is 5.02 Å². The van der Waals surface area contributed by atoms with Crippen molar-refractivity contribution in [3.63, 3.8) is 0 Å². The molecule has 1 fully saturated rings. The fourth-order valence-electron chi connectivity index (χ4n) is 4.01. The number of nitrogens with zero attached hydrogens (tertiary/aromatic N) is 3. The summed E-state index contributed by atoms with van der Waals surface area (Å²) in [6.07, 6.45) is 5.76.